The van der Waals surface area contributed by atoms with E-state index in [1.807, 2.05) is 0 Å². The first-order chi connectivity index (χ1) is 8.06. The van der Waals surface area contributed by atoms with Crippen molar-refractivity contribution < 1.29 is 9.32 Å². The molecule has 0 aliphatic carbocycles. The van der Waals surface area contributed by atoms with Crippen LogP contribution >= 0.6 is 0 Å². The van der Waals surface area contributed by atoms with Crippen LogP contribution in [-0.4, -0.2) is 33.2 Å². The molecule has 7 nitrogen and oxygen atoms in total. The van der Waals surface area contributed by atoms with Gasteiger partial charge in [0.05, 0.1) is 6.54 Å². The number of carbonyl (C=O) groups is 1. The first-order valence-corrected chi connectivity index (χ1v) is 5.05. The Bertz CT molecular complexity index is 530. The fourth-order valence-corrected chi connectivity index (χ4v) is 1.46. The molecule has 0 radical (unpaired) electrons. The van der Waals surface area contributed by atoms with Crippen LogP contribution in [0.2, 0.25) is 0 Å². The Morgan fingerprint density at radius 1 is 1.59 bits per heavy atom. The van der Waals surface area contributed by atoms with Crippen LogP contribution in [0.25, 0.3) is 0 Å². The molecule has 0 aromatic carbocycles. The second-order valence-corrected chi connectivity index (χ2v) is 3.80. The molecule has 0 unspecified atom stereocenters. The quantitative estimate of drug-likeness (QED) is 0.809. The normalized spacial score (nSPS) is 10.5. The zero-order valence-corrected chi connectivity index (χ0v) is 9.60. The van der Waals surface area contributed by atoms with Crippen molar-refractivity contribution >= 4 is 11.7 Å². The second kappa shape index (κ2) is 4.28. The molecule has 0 atom stereocenters. The van der Waals surface area contributed by atoms with Gasteiger partial charge in [-0.2, -0.15) is 5.10 Å². The van der Waals surface area contributed by atoms with Crippen molar-refractivity contribution in [3.63, 3.8) is 0 Å². The summed E-state index contributed by atoms with van der Waals surface area (Å²) in [7, 11) is 1.67. The number of hydrogen-bond donors (Lipinski definition) is 2. The number of aromatic amines is 1. The maximum absolute atomic E-state index is 11.9. The molecule has 0 aliphatic heterocycles. The number of carbonyl (C=O) groups excluding carboxylic acids is 1. The maximum atomic E-state index is 11.9. The zero-order valence-electron chi connectivity index (χ0n) is 9.60. The molecule has 17 heavy (non-hydrogen) atoms. The Labute approximate surface area is 97.6 Å². The van der Waals surface area contributed by atoms with Gasteiger partial charge in [-0.1, -0.05) is 5.16 Å². The summed E-state index contributed by atoms with van der Waals surface area (Å²) >= 11 is 0. The van der Waals surface area contributed by atoms with E-state index in [-0.39, 0.29) is 5.91 Å². The van der Waals surface area contributed by atoms with Gasteiger partial charge in [-0.15, -0.1) is 0 Å². The average Bonchev–Trinajstić information content (AvgIpc) is 2.87. The van der Waals surface area contributed by atoms with Gasteiger partial charge in [-0.25, -0.2) is 0 Å². The Kier molecular flexibility index (Phi) is 2.82. The average molecular weight is 235 g/mol. The number of anilines is 1. The number of nitrogens with zero attached hydrogens (tertiary/aromatic N) is 3. The number of rotatable bonds is 3. The van der Waals surface area contributed by atoms with Crippen molar-refractivity contribution in [1.29, 1.82) is 0 Å². The molecule has 2 aromatic rings. The van der Waals surface area contributed by atoms with Crippen LogP contribution in [0, 0.1) is 6.92 Å². The van der Waals surface area contributed by atoms with Crippen LogP contribution < -0.4 is 5.73 Å². The number of hydrogen-bond acceptors (Lipinski definition) is 5. The molecule has 0 fully saturated rings. The minimum atomic E-state index is -0.199. The lowest BCUT2D eigenvalue weighted by atomic mass is 10.3. The van der Waals surface area contributed by atoms with Gasteiger partial charge in [-0.3, -0.25) is 9.89 Å². The molecule has 0 saturated heterocycles. The van der Waals surface area contributed by atoms with Gasteiger partial charge in [0.15, 0.2) is 0 Å². The SMILES string of the molecule is Cc1cc(CN(C)C(=O)c2cc(N)n[nH]2)no1. The van der Waals surface area contributed by atoms with Crippen molar-refractivity contribution in [2.75, 3.05) is 12.8 Å². The number of aromatic nitrogens is 3. The fraction of sp³-hybridized carbons (Fsp3) is 0.300. The van der Waals surface area contributed by atoms with Gasteiger partial charge in [0.1, 0.15) is 23.0 Å². The van der Waals surface area contributed by atoms with Gasteiger partial charge >= 0.3 is 0 Å². The van der Waals surface area contributed by atoms with Gasteiger partial charge in [0.2, 0.25) is 0 Å². The molecule has 0 saturated carbocycles. The van der Waals surface area contributed by atoms with E-state index >= 15 is 0 Å². The van der Waals surface area contributed by atoms with E-state index < -0.39 is 0 Å². The highest BCUT2D eigenvalue weighted by Crippen LogP contribution is 2.08. The predicted molar refractivity (Wildman–Crippen MR) is 60.0 cm³/mol. The maximum Gasteiger partial charge on any atom is 0.272 e. The third-order valence-corrected chi connectivity index (χ3v) is 2.25. The van der Waals surface area contributed by atoms with E-state index in [0.29, 0.717) is 29.5 Å². The van der Waals surface area contributed by atoms with Crippen LogP contribution in [0.3, 0.4) is 0 Å². The number of nitrogens with two attached hydrogens (primary N) is 1. The molecule has 3 N–H and O–H groups in total. The molecular formula is C10H13N5O2. The van der Waals surface area contributed by atoms with E-state index in [0.717, 1.165) is 0 Å². The minimum Gasteiger partial charge on any atom is -0.382 e. The lowest BCUT2D eigenvalue weighted by molar-refractivity contribution is 0.0776. The van der Waals surface area contributed by atoms with Crippen LogP contribution in [-0.2, 0) is 6.54 Å². The molecular weight excluding hydrogens is 222 g/mol. The van der Waals surface area contributed by atoms with E-state index in [2.05, 4.69) is 15.4 Å². The molecule has 0 bridgehead atoms. The van der Waals surface area contributed by atoms with Crippen molar-refractivity contribution in [2.24, 2.45) is 0 Å². The smallest absolute Gasteiger partial charge is 0.272 e. The summed E-state index contributed by atoms with van der Waals surface area (Å²) in [6, 6.07) is 3.28. The highest BCUT2D eigenvalue weighted by molar-refractivity contribution is 5.92. The summed E-state index contributed by atoms with van der Waals surface area (Å²) in [4.78, 5) is 13.4. The molecule has 2 rings (SSSR count). The Morgan fingerprint density at radius 3 is 2.88 bits per heavy atom. The standard InChI is InChI=1S/C10H13N5O2/c1-6-3-7(14-17-6)5-15(2)10(16)8-4-9(11)13-12-8/h3-4H,5H2,1-2H3,(H3,11,12,13). The van der Waals surface area contributed by atoms with E-state index in [9.17, 15) is 4.79 Å². The van der Waals surface area contributed by atoms with Crippen LogP contribution in [0.4, 0.5) is 5.82 Å². The van der Waals surface area contributed by atoms with Gasteiger partial charge in [-0.05, 0) is 6.92 Å². The van der Waals surface area contributed by atoms with Crippen molar-refractivity contribution in [1.82, 2.24) is 20.3 Å². The van der Waals surface area contributed by atoms with Crippen LogP contribution in [0.15, 0.2) is 16.7 Å². The molecule has 90 valence electrons. The summed E-state index contributed by atoms with van der Waals surface area (Å²) in [6.45, 7) is 2.17. The van der Waals surface area contributed by atoms with Gasteiger partial charge < -0.3 is 15.2 Å². The van der Waals surface area contributed by atoms with Gasteiger partial charge in [0.25, 0.3) is 5.91 Å². The predicted octanol–water partition coefficient (Wildman–Crippen LogP) is 0.561. The number of nitrogens with one attached hydrogen (secondary N) is 1. The van der Waals surface area contributed by atoms with Crippen molar-refractivity contribution in [2.45, 2.75) is 13.5 Å². The third kappa shape index (κ3) is 2.44. The lowest BCUT2D eigenvalue weighted by Gasteiger charge is -2.13. The molecule has 2 aromatic heterocycles. The monoisotopic (exact) mass is 235 g/mol. The molecule has 2 heterocycles. The van der Waals surface area contributed by atoms with Gasteiger partial charge in [0, 0.05) is 19.2 Å². The third-order valence-electron chi connectivity index (χ3n) is 2.25. The first-order valence-electron chi connectivity index (χ1n) is 5.05. The molecule has 0 spiro atoms. The largest absolute Gasteiger partial charge is 0.382 e. The number of amides is 1. The van der Waals surface area contributed by atoms with Crippen LogP contribution in [0.1, 0.15) is 21.9 Å². The van der Waals surface area contributed by atoms with E-state index in [1.165, 1.54) is 11.0 Å². The lowest BCUT2D eigenvalue weighted by Crippen LogP contribution is -2.26. The highest BCUT2D eigenvalue weighted by Gasteiger charge is 2.15. The van der Waals surface area contributed by atoms with E-state index in [1.54, 1.807) is 20.0 Å². The van der Waals surface area contributed by atoms with Crippen molar-refractivity contribution in [3.05, 3.63) is 29.3 Å². The van der Waals surface area contributed by atoms with Crippen molar-refractivity contribution in [3.8, 4) is 0 Å². The Balaban J connectivity index is 2.05. The zero-order chi connectivity index (χ0) is 12.4. The summed E-state index contributed by atoms with van der Waals surface area (Å²) in [5, 5.41) is 10.1. The Morgan fingerprint density at radius 2 is 2.35 bits per heavy atom. The number of nitrogen functional groups attached to an aromatic ring is 1. The summed E-state index contributed by atoms with van der Waals surface area (Å²) < 4.78 is 4.93. The topological polar surface area (TPSA) is 101 Å². The molecule has 1 amide bonds. The first kappa shape index (κ1) is 11.2. The summed E-state index contributed by atoms with van der Waals surface area (Å²) in [6.07, 6.45) is 0. The molecule has 0 aliphatic rings. The van der Waals surface area contributed by atoms with E-state index in [4.69, 9.17) is 10.3 Å². The number of H-pyrrole nitrogens is 1. The minimum absolute atomic E-state index is 0.199. The summed E-state index contributed by atoms with van der Waals surface area (Å²) in [5.74, 6) is 0.806. The second-order valence-electron chi connectivity index (χ2n) is 3.80. The fourth-order valence-electron chi connectivity index (χ4n) is 1.46. The number of aryl methyl sites for hydroxylation is 1. The molecule has 7 heteroatoms. The Hall–Kier alpha value is -2.31. The summed E-state index contributed by atoms with van der Waals surface area (Å²) in [5.41, 5.74) is 6.48. The van der Waals surface area contributed by atoms with Crippen LogP contribution in [0.5, 0.6) is 0 Å². The highest BCUT2D eigenvalue weighted by atomic mass is 16.5.